The Balaban J connectivity index is 1.28. The third kappa shape index (κ3) is 9.58. The Morgan fingerprint density at radius 1 is 0.867 bits per heavy atom. The number of hydrogen-bond acceptors (Lipinski definition) is 5. The van der Waals surface area contributed by atoms with Crippen LogP contribution >= 0.6 is 0 Å². The number of carbonyl (C=O) groups is 3. The molecule has 1 heterocycles. The minimum Gasteiger partial charge on any atom is -0.494 e. The zero-order chi connectivity index (χ0) is 32.4. The molecule has 1 saturated heterocycles. The van der Waals surface area contributed by atoms with Crippen LogP contribution < -0.4 is 19.9 Å². The van der Waals surface area contributed by atoms with E-state index in [0.717, 1.165) is 34.7 Å². The summed E-state index contributed by atoms with van der Waals surface area (Å²) in [6.07, 6.45) is 6.12. The molecule has 0 aliphatic carbocycles. The van der Waals surface area contributed by atoms with E-state index >= 15 is 0 Å². The lowest BCUT2D eigenvalue weighted by Crippen LogP contribution is -2.50. The monoisotopic (exact) mass is 613 g/mol. The Hall–Kier alpha value is -4.33. The van der Waals surface area contributed by atoms with Gasteiger partial charge in [-0.05, 0) is 71.5 Å². The third-order valence-electron chi connectivity index (χ3n) is 8.24. The van der Waals surface area contributed by atoms with Crippen LogP contribution in [0.25, 0.3) is 0 Å². The molecular formula is C37H47N3O5. The molecule has 0 unspecified atom stereocenters. The Bertz CT molecular complexity index is 1410. The van der Waals surface area contributed by atoms with E-state index in [1.807, 2.05) is 65.6 Å². The summed E-state index contributed by atoms with van der Waals surface area (Å²) < 4.78 is 5.87. The Morgan fingerprint density at radius 2 is 1.51 bits per heavy atom. The first-order valence-corrected chi connectivity index (χ1v) is 16.1. The molecule has 4 rings (SSSR count). The third-order valence-corrected chi connectivity index (χ3v) is 8.24. The number of aliphatic carboxylic acids is 1. The zero-order valence-corrected chi connectivity index (χ0v) is 27.1. The van der Waals surface area contributed by atoms with Gasteiger partial charge in [0.2, 0.25) is 5.91 Å². The van der Waals surface area contributed by atoms with Crippen molar-refractivity contribution >= 4 is 29.2 Å². The molecule has 45 heavy (non-hydrogen) atoms. The highest BCUT2D eigenvalue weighted by Gasteiger charge is 2.26. The lowest BCUT2D eigenvalue weighted by atomic mass is 9.86. The van der Waals surface area contributed by atoms with E-state index in [2.05, 4.69) is 33.0 Å². The minimum atomic E-state index is -1.09. The number of nitrogens with zero attached hydrogens (tertiary/aromatic N) is 2. The van der Waals surface area contributed by atoms with E-state index in [1.165, 1.54) is 25.7 Å². The predicted molar refractivity (Wildman–Crippen MR) is 179 cm³/mol. The van der Waals surface area contributed by atoms with Crippen molar-refractivity contribution in [3.8, 4) is 5.75 Å². The van der Waals surface area contributed by atoms with Crippen LogP contribution in [0.5, 0.6) is 5.75 Å². The zero-order valence-electron chi connectivity index (χ0n) is 27.1. The van der Waals surface area contributed by atoms with E-state index in [4.69, 9.17) is 4.74 Å². The number of unbranched alkanes of at least 4 members (excludes halogenated alkanes) is 4. The molecule has 3 aromatic carbocycles. The van der Waals surface area contributed by atoms with Crippen LogP contribution in [-0.4, -0.2) is 55.2 Å². The highest BCUT2D eigenvalue weighted by molar-refractivity contribution is 5.98. The van der Waals surface area contributed by atoms with E-state index in [1.54, 1.807) is 17.0 Å². The maximum Gasteiger partial charge on any atom is 0.326 e. The van der Waals surface area contributed by atoms with Crippen LogP contribution in [0.15, 0.2) is 72.8 Å². The second kappa shape index (κ2) is 15.6. The predicted octanol–water partition coefficient (Wildman–Crippen LogP) is 6.61. The number of benzene rings is 3. The molecule has 0 radical (unpaired) electrons. The lowest BCUT2D eigenvalue weighted by molar-refractivity contribution is -0.139. The van der Waals surface area contributed by atoms with Gasteiger partial charge in [0.15, 0.2) is 0 Å². The molecule has 0 aromatic heterocycles. The van der Waals surface area contributed by atoms with Gasteiger partial charge in [0, 0.05) is 36.4 Å². The number of ether oxygens (including phenoxy) is 1. The van der Waals surface area contributed by atoms with Gasteiger partial charge in [-0.2, -0.15) is 0 Å². The molecule has 0 bridgehead atoms. The van der Waals surface area contributed by atoms with Gasteiger partial charge in [-0.3, -0.25) is 9.59 Å². The van der Waals surface area contributed by atoms with Crippen LogP contribution in [0.1, 0.15) is 81.3 Å². The Morgan fingerprint density at radius 3 is 2.11 bits per heavy atom. The average Bonchev–Trinajstić information content (AvgIpc) is 3.02. The van der Waals surface area contributed by atoms with E-state index in [0.29, 0.717) is 25.3 Å². The first-order chi connectivity index (χ1) is 21.5. The molecule has 0 saturated carbocycles. The van der Waals surface area contributed by atoms with Gasteiger partial charge in [0.05, 0.1) is 13.2 Å². The Kier molecular flexibility index (Phi) is 11.6. The molecular weight excluding hydrogens is 566 g/mol. The summed E-state index contributed by atoms with van der Waals surface area (Å²) in [7, 11) is 0. The fourth-order valence-corrected chi connectivity index (χ4v) is 5.43. The van der Waals surface area contributed by atoms with Crippen molar-refractivity contribution in [1.29, 1.82) is 0 Å². The fourth-order valence-electron chi connectivity index (χ4n) is 5.43. The number of carbonyl (C=O) groups excluding carboxylic acids is 2. The first kappa shape index (κ1) is 33.6. The summed E-state index contributed by atoms with van der Waals surface area (Å²) >= 11 is 0. The summed E-state index contributed by atoms with van der Waals surface area (Å²) in [4.78, 5) is 41.7. The van der Waals surface area contributed by atoms with E-state index < -0.39 is 17.9 Å². The number of rotatable bonds is 14. The molecule has 2 N–H and O–H groups in total. The standard InChI is InChI=1S/C37H47N3O5/c1-5-6-7-8-9-24-45-32-20-18-31(19-21-32)40-23-22-39(26-34(40)41)30-16-10-27(11-17-30)25-33(36(43)44)38-35(42)28-12-14-29(15-13-28)37(2,3)4/h10-21,33H,5-9,22-26H2,1-4H3,(H,38,42)(H,43,44)/t33-/m0/s1. The maximum absolute atomic E-state index is 13.1. The summed E-state index contributed by atoms with van der Waals surface area (Å²) in [5.74, 6) is -0.683. The number of amides is 2. The van der Waals surface area contributed by atoms with Crippen molar-refractivity contribution in [2.24, 2.45) is 0 Å². The number of carboxylic acid groups (broad SMARTS) is 1. The highest BCUT2D eigenvalue weighted by Crippen LogP contribution is 2.25. The van der Waals surface area contributed by atoms with Gasteiger partial charge in [0.1, 0.15) is 11.8 Å². The van der Waals surface area contributed by atoms with Crippen molar-refractivity contribution in [2.45, 2.75) is 77.7 Å². The van der Waals surface area contributed by atoms with Crippen LogP contribution in [0.2, 0.25) is 0 Å². The summed E-state index contributed by atoms with van der Waals surface area (Å²) in [5.41, 5.74) is 4.01. The average molecular weight is 614 g/mol. The number of piperazine rings is 1. The second-order valence-electron chi connectivity index (χ2n) is 12.8. The normalized spacial score (nSPS) is 14.3. The van der Waals surface area contributed by atoms with Crippen molar-refractivity contribution in [1.82, 2.24) is 5.32 Å². The van der Waals surface area contributed by atoms with Crippen molar-refractivity contribution in [3.05, 3.63) is 89.5 Å². The smallest absolute Gasteiger partial charge is 0.326 e. The van der Waals surface area contributed by atoms with Gasteiger partial charge in [-0.15, -0.1) is 0 Å². The number of anilines is 2. The molecule has 1 aliphatic rings. The molecule has 1 aliphatic heterocycles. The van der Waals surface area contributed by atoms with Crippen LogP contribution in [0, 0.1) is 0 Å². The van der Waals surface area contributed by atoms with Gasteiger partial charge in [-0.25, -0.2) is 4.79 Å². The van der Waals surface area contributed by atoms with Crippen LogP contribution in [-0.2, 0) is 21.4 Å². The lowest BCUT2D eigenvalue weighted by Gasteiger charge is -2.35. The second-order valence-corrected chi connectivity index (χ2v) is 12.8. The minimum absolute atomic E-state index is 0.0131. The SMILES string of the molecule is CCCCCCCOc1ccc(N2CCN(c3ccc(C[C@H](NC(=O)c4ccc(C(C)(C)C)cc4)C(=O)O)cc3)CC2=O)cc1. The van der Waals surface area contributed by atoms with Gasteiger partial charge >= 0.3 is 5.97 Å². The number of carboxylic acids is 1. The van der Waals surface area contributed by atoms with Crippen LogP contribution in [0.3, 0.4) is 0 Å². The molecule has 2 amide bonds. The van der Waals surface area contributed by atoms with Gasteiger partial charge in [0.25, 0.3) is 5.91 Å². The molecule has 1 atom stereocenters. The number of hydrogen-bond donors (Lipinski definition) is 2. The van der Waals surface area contributed by atoms with Crippen LogP contribution in [0.4, 0.5) is 11.4 Å². The quantitative estimate of drug-likeness (QED) is 0.199. The number of nitrogens with one attached hydrogen (secondary N) is 1. The summed E-state index contributed by atoms with van der Waals surface area (Å²) in [6, 6.07) is 21.4. The molecule has 240 valence electrons. The van der Waals surface area contributed by atoms with E-state index in [9.17, 15) is 19.5 Å². The maximum atomic E-state index is 13.1. The molecule has 8 heteroatoms. The van der Waals surface area contributed by atoms with Gasteiger partial charge < -0.3 is 25.0 Å². The largest absolute Gasteiger partial charge is 0.494 e. The summed E-state index contributed by atoms with van der Waals surface area (Å²) in [6.45, 7) is 10.7. The van der Waals surface area contributed by atoms with Crippen molar-refractivity contribution < 1.29 is 24.2 Å². The Labute approximate surface area is 267 Å². The van der Waals surface area contributed by atoms with E-state index in [-0.39, 0.29) is 24.3 Å². The molecule has 0 spiro atoms. The molecule has 8 nitrogen and oxygen atoms in total. The highest BCUT2D eigenvalue weighted by atomic mass is 16.5. The first-order valence-electron chi connectivity index (χ1n) is 16.1. The van der Waals surface area contributed by atoms with Crippen molar-refractivity contribution in [3.63, 3.8) is 0 Å². The topological polar surface area (TPSA) is 99.2 Å². The fraction of sp³-hybridized carbons (Fsp3) is 0.432. The summed E-state index contributed by atoms with van der Waals surface area (Å²) in [5, 5.41) is 12.5. The van der Waals surface area contributed by atoms with Crippen molar-refractivity contribution in [2.75, 3.05) is 36.0 Å². The van der Waals surface area contributed by atoms with Gasteiger partial charge in [-0.1, -0.05) is 77.6 Å². The molecule has 3 aromatic rings. The molecule has 1 fully saturated rings.